The Labute approximate surface area is 172 Å². The molecule has 0 aromatic rings. The van der Waals surface area contributed by atoms with Crippen molar-refractivity contribution in [1.82, 2.24) is 15.5 Å². The minimum atomic E-state index is 0. The molecule has 156 valence electrons. The molecule has 1 amide bonds. The van der Waals surface area contributed by atoms with E-state index in [2.05, 4.69) is 36.3 Å². The van der Waals surface area contributed by atoms with Crippen LogP contribution in [0.2, 0.25) is 0 Å². The minimum absolute atomic E-state index is 0. The fraction of sp³-hybridized carbons (Fsp3) is 0.947. The van der Waals surface area contributed by atoms with E-state index in [0.29, 0.717) is 30.5 Å². The predicted octanol–water partition coefficient (Wildman–Crippen LogP) is 2.86. The third-order valence-corrected chi connectivity index (χ3v) is 5.37. The molecule has 0 radical (unpaired) electrons. The molecule has 0 spiro atoms. The van der Waals surface area contributed by atoms with Crippen LogP contribution >= 0.6 is 24.8 Å². The first-order valence-corrected chi connectivity index (χ1v) is 9.90. The maximum Gasteiger partial charge on any atom is 0.220 e. The second-order valence-electron chi connectivity index (χ2n) is 7.86. The van der Waals surface area contributed by atoms with E-state index < -0.39 is 0 Å². The molecule has 0 bridgehead atoms. The highest BCUT2D eigenvalue weighted by molar-refractivity contribution is 5.85. The van der Waals surface area contributed by atoms with E-state index in [1.165, 1.54) is 12.8 Å². The van der Waals surface area contributed by atoms with Crippen LogP contribution in [-0.4, -0.2) is 62.3 Å². The highest BCUT2D eigenvalue weighted by atomic mass is 35.5. The molecule has 7 heteroatoms. The van der Waals surface area contributed by atoms with Crippen molar-refractivity contribution in [3.63, 3.8) is 0 Å². The van der Waals surface area contributed by atoms with Gasteiger partial charge in [0.15, 0.2) is 0 Å². The van der Waals surface area contributed by atoms with Gasteiger partial charge < -0.3 is 15.4 Å². The van der Waals surface area contributed by atoms with Gasteiger partial charge in [0.05, 0.1) is 12.2 Å². The molecule has 0 aromatic carbocycles. The van der Waals surface area contributed by atoms with Gasteiger partial charge in [-0.15, -0.1) is 24.8 Å². The molecule has 0 aliphatic carbocycles. The van der Waals surface area contributed by atoms with Crippen molar-refractivity contribution in [2.75, 3.05) is 39.3 Å². The number of ether oxygens (including phenoxy) is 1. The Bertz CT molecular complexity index is 372. The summed E-state index contributed by atoms with van der Waals surface area (Å²) in [6, 6.07) is 0. The van der Waals surface area contributed by atoms with Gasteiger partial charge in [0.1, 0.15) is 0 Å². The van der Waals surface area contributed by atoms with Gasteiger partial charge in [-0.25, -0.2) is 0 Å². The van der Waals surface area contributed by atoms with Crippen molar-refractivity contribution in [2.45, 2.75) is 65.1 Å². The molecular formula is C19H39Cl2N3O2. The molecule has 2 aliphatic rings. The standard InChI is InChI=1S/C19H37N3O2.2ClH/c1-15(18-7-6-8-20-12-18)11-19(23)21-9-4-5-10-22-13-16(2)24-17(3)14-22;;/h15-18,20H,4-14H2,1-3H3,(H,21,23);2*1H. The summed E-state index contributed by atoms with van der Waals surface area (Å²) in [5, 5.41) is 6.55. The number of morpholine rings is 1. The van der Waals surface area contributed by atoms with Crippen molar-refractivity contribution < 1.29 is 9.53 Å². The van der Waals surface area contributed by atoms with E-state index >= 15 is 0 Å². The lowest BCUT2D eigenvalue weighted by atomic mass is 9.85. The number of halogens is 2. The number of hydrogen-bond acceptors (Lipinski definition) is 4. The molecule has 4 atom stereocenters. The second kappa shape index (κ2) is 14.0. The number of hydrogen-bond donors (Lipinski definition) is 2. The number of nitrogens with one attached hydrogen (secondary N) is 2. The summed E-state index contributed by atoms with van der Waals surface area (Å²) in [5.41, 5.74) is 0. The molecular weight excluding hydrogens is 373 g/mol. The van der Waals surface area contributed by atoms with Crippen LogP contribution < -0.4 is 10.6 Å². The number of nitrogens with zero attached hydrogens (tertiary/aromatic N) is 1. The van der Waals surface area contributed by atoms with E-state index in [1.807, 2.05) is 0 Å². The van der Waals surface area contributed by atoms with Gasteiger partial charge >= 0.3 is 0 Å². The highest BCUT2D eigenvalue weighted by Crippen LogP contribution is 2.22. The molecule has 2 aliphatic heterocycles. The average molecular weight is 412 g/mol. The average Bonchev–Trinajstić information content (AvgIpc) is 2.54. The number of unbranched alkanes of at least 4 members (excludes halogenated alkanes) is 1. The van der Waals surface area contributed by atoms with Crippen LogP contribution in [0.15, 0.2) is 0 Å². The van der Waals surface area contributed by atoms with Crippen LogP contribution in [0, 0.1) is 11.8 Å². The molecule has 2 saturated heterocycles. The van der Waals surface area contributed by atoms with E-state index in [1.54, 1.807) is 0 Å². The Morgan fingerprint density at radius 1 is 1.23 bits per heavy atom. The molecule has 2 heterocycles. The highest BCUT2D eigenvalue weighted by Gasteiger charge is 2.22. The molecule has 4 unspecified atom stereocenters. The van der Waals surface area contributed by atoms with Crippen LogP contribution in [0.1, 0.15) is 52.9 Å². The zero-order valence-electron chi connectivity index (χ0n) is 16.7. The summed E-state index contributed by atoms with van der Waals surface area (Å²) < 4.78 is 5.76. The first-order valence-electron chi connectivity index (χ1n) is 9.90. The summed E-state index contributed by atoms with van der Waals surface area (Å²) in [5.74, 6) is 1.37. The van der Waals surface area contributed by atoms with E-state index in [4.69, 9.17) is 4.74 Å². The Balaban J connectivity index is 0.00000312. The maximum absolute atomic E-state index is 12.1. The monoisotopic (exact) mass is 411 g/mol. The largest absolute Gasteiger partial charge is 0.373 e. The van der Waals surface area contributed by atoms with E-state index in [9.17, 15) is 4.79 Å². The van der Waals surface area contributed by atoms with Crippen molar-refractivity contribution in [1.29, 1.82) is 0 Å². The van der Waals surface area contributed by atoms with Gasteiger partial charge in [-0.1, -0.05) is 6.92 Å². The Kier molecular flexibility index (Phi) is 14.0. The molecule has 0 aromatic heterocycles. The fourth-order valence-electron chi connectivity index (χ4n) is 4.05. The number of amides is 1. The van der Waals surface area contributed by atoms with Gasteiger partial charge in [-0.2, -0.15) is 0 Å². The second-order valence-corrected chi connectivity index (χ2v) is 7.86. The van der Waals surface area contributed by atoms with Crippen LogP contribution in [0.5, 0.6) is 0 Å². The predicted molar refractivity (Wildman–Crippen MR) is 113 cm³/mol. The SMILES string of the molecule is CC1CN(CCCCNC(=O)CC(C)C2CCCNC2)CC(C)O1.Cl.Cl. The number of carbonyl (C=O) groups is 1. The van der Waals surface area contributed by atoms with Crippen LogP contribution in [0.4, 0.5) is 0 Å². The first-order chi connectivity index (χ1) is 11.5. The van der Waals surface area contributed by atoms with Crippen LogP contribution in [0.25, 0.3) is 0 Å². The van der Waals surface area contributed by atoms with E-state index in [0.717, 1.165) is 52.1 Å². The summed E-state index contributed by atoms with van der Waals surface area (Å²) in [4.78, 5) is 14.6. The smallest absolute Gasteiger partial charge is 0.220 e. The molecule has 2 N–H and O–H groups in total. The number of carbonyl (C=O) groups excluding carboxylic acids is 1. The Morgan fingerprint density at radius 3 is 2.54 bits per heavy atom. The maximum atomic E-state index is 12.1. The quantitative estimate of drug-likeness (QED) is 0.602. The zero-order valence-corrected chi connectivity index (χ0v) is 18.3. The number of rotatable bonds is 8. The molecule has 2 rings (SSSR count). The van der Waals surface area contributed by atoms with Crippen molar-refractivity contribution in [3.8, 4) is 0 Å². The fourth-order valence-corrected chi connectivity index (χ4v) is 4.05. The van der Waals surface area contributed by atoms with Gasteiger partial charge in [-0.3, -0.25) is 9.69 Å². The Morgan fingerprint density at radius 2 is 1.92 bits per heavy atom. The van der Waals surface area contributed by atoms with Gasteiger partial charge in [0.25, 0.3) is 0 Å². The molecule has 5 nitrogen and oxygen atoms in total. The van der Waals surface area contributed by atoms with Crippen LogP contribution in [0.3, 0.4) is 0 Å². The van der Waals surface area contributed by atoms with Crippen molar-refractivity contribution in [2.24, 2.45) is 11.8 Å². The first kappa shape index (κ1) is 25.9. The lowest BCUT2D eigenvalue weighted by Gasteiger charge is -2.35. The summed E-state index contributed by atoms with van der Waals surface area (Å²) in [7, 11) is 0. The zero-order chi connectivity index (χ0) is 17.4. The van der Waals surface area contributed by atoms with Crippen molar-refractivity contribution >= 4 is 30.7 Å². The van der Waals surface area contributed by atoms with E-state index in [-0.39, 0.29) is 30.7 Å². The third kappa shape index (κ3) is 9.75. The summed E-state index contributed by atoms with van der Waals surface area (Å²) >= 11 is 0. The van der Waals surface area contributed by atoms with Gasteiger partial charge in [-0.05, 0) is 71.0 Å². The number of piperidine rings is 1. The van der Waals surface area contributed by atoms with Crippen molar-refractivity contribution in [3.05, 3.63) is 0 Å². The van der Waals surface area contributed by atoms with Crippen LogP contribution in [-0.2, 0) is 9.53 Å². The normalized spacial score (nSPS) is 27.7. The molecule has 26 heavy (non-hydrogen) atoms. The third-order valence-electron chi connectivity index (χ3n) is 5.37. The minimum Gasteiger partial charge on any atom is -0.373 e. The Hall–Kier alpha value is -0.0700. The summed E-state index contributed by atoms with van der Waals surface area (Å²) in [6.45, 7) is 12.7. The molecule has 0 saturated carbocycles. The molecule has 2 fully saturated rings. The lowest BCUT2D eigenvalue weighted by molar-refractivity contribution is -0.122. The van der Waals surface area contributed by atoms with Gasteiger partial charge in [0, 0.05) is 26.1 Å². The summed E-state index contributed by atoms with van der Waals surface area (Å²) in [6.07, 6.45) is 6.05. The topological polar surface area (TPSA) is 53.6 Å². The van der Waals surface area contributed by atoms with Gasteiger partial charge in [0.2, 0.25) is 5.91 Å². The lowest BCUT2D eigenvalue weighted by Crippen LogP contribution is -2.45.